The second-order valence-electron chi connectivity index (χ2n) is 4.88. The van der Waals surface area contributed by atoms with Gasteiger partial charge in [-0.3, -0.25) is 0 Å². The van der Waals surface area contributed by atoms with E-state index in [9.17, 15) is 9.18 Å². The van der Waals surface area contributed by atoms with Crippen LogP contribution in [0.15, 0.2) is 0 Å². The summed E-state index contributed by atoms with van der Waals surface area (Å²) in [7, 11) is 0. The van der Waals surface area contributed by atoms with Crippen molar-refractivity contribution in [2.45, 2.75) is 39.5 Å². The lowest BCUT2D eigenvalue weighted by molar-refractivity contribution is 0.0281. The molecule has 1 rings (SSSR count). The van der Waals surface area contributed by atoms with Gasteiger partial charge in [0, 0.05) is 12.5 Å². The number of hydrogen-bond acceptors (Lipinski definition) is 2. The first-order valence-corrected chi connectivity index (χ1v) is 4.91. The van der Waals surface area contributed by atoms with Crippen LogP contribution in [0.1, 0.15) is 27.7 Å². The number of hydrogen-bond donors (Lipinski definition) is 0. The highest BCUT2D eigenvalue weighted by Crippen LogP contribution is 2.21. The molecule has 1 heterocycles. The fraction of sp³-hybridized carbons (Fsp3) is 0.900. The van der Waals surface area contributed by atoms with Gasteiger partial charge in [-0.15, -0.1) is 0 Å². The van der Waals surface area contributed by atoms with Crippen LogP contribution >= 0.6 is 0 Å². The van der Waals surface area contributed by atoms with Gasteiger partial charge in [-0.1, -0.05) is 6.92 Å². The highest BCUT2D eigenvalue weighted by atomic mass is 19.1. The molecule has 1 saturated heterocycles. The molecule has 0 saturated carbocycles. The van der Waals surface area contributed by atoms with Crippen LogP contribution in [0.5, 0.6) is 0 Å². The maximum Gasteiger partial charge on any atom is 0.410 e. The molecule has 1 fully saturated rings. The minimum absolute atomic E-state index is 0.0810. The maximum atomic E-state index is 13.1. The fourth-order valence-electron chi connectivity index (χ4n) is 1.40. The standard InChI is InChI=1S/C10H18FNO2/c1-7-5-12(6-8(7)11)9(13)14-10(2,3)4/h7-8H,5-6H2,1-4H3/t7-,8+/m0/s1. The van der Waals surface area contributed by atoms with Crippen LogP contribution in [0.4, 0.5) is 9.18 Å². The first kappa shape index (κ1) is 11.3. The van der Waals surface area contributed by atoms with Gasteiger partial charge >= 0.3 is 6.09 Å². The molecule has 3 nitrogen and oxygen atoms in total. The molecule has 0 spiro atoms. The van der Waals surface area contributed by atoms with E-state index in [0.29, 0.717) is 6.54 Å². The van der Waals surface area contributed by atoms with Crippen molar-refractivity contribution in [3.05, 3.63) is 0 Å². The lowest BCUT2D eigenvalue weighted by Gasteiger charge is -2.24. The Morgan fingerprint density at radius 3 is 2.36 bits per heavy atom. The van der Waals surface area contributed by atoms with E-state index < -0.39 is 17.9 Å². The zero-order chi connectivity index (χ0) is 10.9. The molecular weight excluding hydrogens is 185 g/mol. The lowest BCUT2D eigenvalue weighted by Crippen LogP contribution is -2.35. The Hall–Kier alpha value is -0.800. The molecule has 0 aromatic carbocycles. The molecule has 1 aliphatic rings. The van der Waals surface area contributed by atoms with E-state index >= 15 is 0 Å². The van der Waals surface area contributed by atoms with Gasteiger partial charge in [0.15, 0.2) is 0 Å². The van der Waals surface area contributed by atoms with Gasteiger partial charge in [0.05, 0.1) is 6.54 Å². The quantitative estimate of drug-likeness (QED) is 0.604. The van der Waals surface area contributed by atoms with Crippen LogP contribution in [0, 0.1) is 5.92 Å². The molecule has 14 heavy (non-hydrogen) atoms. The summed E-state index contributed by atoms with van der Waals surface area (Å²) in [5, 5.41) is 0. The number of rotatable bonds is 0. The van der Waals surface area contributed by atoms with E-state index in [1.54, 1.807) is 27.7 Å². The number of nitrogens with zero attached hydrogens (tertiary/aromatic N) is 1. The minimum atomic E-state index is -0.914. The SMILES string of the molecule is C[C@H]1CN(C(=O)OC(C)(C)C)C[C@H]1F. The molecule has 0 N–H and O–H groups in total. The van der Waals surface area contributed by atoms with E-state index in [1.165, 1.54) is 4.90 Å². The first-order valence-electron chi connectivity index (χ1n) is 4.91. The molecule has 1 aliphatic heterocycles. The number of likely N-dealkylation sites (tertiary alicyclic amines) is 1. The molecule has 82 valence electrons. The van der Waals surface area contributed by atoms with Crippen molar-refractivity contribution in [2.75, 3.05) is 13.1 Å². The van der Waals surface area contributed by atoms with Gasteiger partial charge in [-0.05, 0) is 20.8 Å². The highest BCUT2D eigenvalue weighted by molar-refractivity contribution is 5.68. The molecule has 0 aliphatic carbocycles. The Morgan fingerprint density at radius 1 is 1.43 bits per heavy atom. The Morgan fingerprint density at radius 2 is 2.00 bits per heavy atom. The molecule has 1 amide bonds. The number of carbonyl (C=O) groups is 1. The largest absolute Gasteiger partial charge is 0.444 e. The van der Waals surface area contributed by atoms with Crippen LogP contribution in [-0.4, -0.2) is 35.9 Å². The molecule has 0 unspecified atom stereocenters. The zero-order valence-corrected chi connectivity index (χ0v) is 9.21. The second-order valence-corrected chi connectivity index (χ2v) is 4.88. The number of amides is 1. The molecule has 0 aromatic heterocycles. The van der Waals surface area contributed by atoms with Gasteiger partial charge in [0.2, 0.25) is 0 Å². The third kappa shape index (κ3) is 2.86. The Kier molecular flexibility index (Phi) is 3.02. The van der Waals surface area contributed by atoms with Gasteiger partial charge in [-0.25, -0.2) is 9.18 Å². The lowest BCUT2D eigenvalue weighted by atomic mass is 10.1. The van der Waals surface area contributed by atoms with E-state index in [0.717, 1.165) is 0 Å². The fourth-order valence-corrected chi connectivity index (χ4v) is 1.40. The predicted molar refractivity (Wildman–Crippen MR) is 51.9 cm³/mol. The van der Waals surface area contributed by atoms with E-state index in [-0.39, 0.29) is 12.5 Å². The summed E-state index contributed by atoms with van der Waals surface area (Å²) in [6.45, 7) is 7.83. The summed E-state index contributed by atoms with van der Waals surface area (Å²) in [6, 6.07) is 0. The predicted octanol–water partition coefficient (Wildman–Crippen LogP) is 2.21. The van der Waals surface area contributed by atoms with Crippen molar-refractivity contribution in [3.63, 3.8) is 0 Å². The van der Waals surface area contributed by atoms with Crippen LogP contribution in [0.25, 0.3) is 0 Å². The molecule has 0 radical (unpaired) electrons. The summed E-state index contributed by atoms with van der Waals surface area (Å²) in [6.07, 6.45) is -1.33. The van der Waals surface area contributed by atoms with Crippen LogP contribution < -0.4 is 0 Å². The molecule has 0 aromatic rings. The summed E-state index contributed by atoms with van der Waals surface area (Å²) < 4.78 is 18.2. The smallest absolute Gasteiger partial charge is 0.410 e. The van der Waals surface area contributed by atoms with E-state index in [2.05, 4.69) is 0 Å². The number of ether oxygens (including phenoxy) is 1. The summed E-state index contributed by atoms with van der Waals surface area (Å²) in [4.78, 5) is 12.9. The zero-order valence-electron chi connectivity index (χ0n) is 9.21. The Bertz CT molecular complexity index is 215. The minimum Gasteiger partial charge on any atom is -0.444 e. The van der Waals surface area contributed by atoms with Gasteiger partial charge < -0.3 is 9.64 Å². The average molecular weight is 203 g/mol. The maximum absolute atomic E-state index is 13.1. The summed E-state index contributed by atoms with van der Waals surface area (Å²) in [5.41, 5.74) is -0.505. The molecule has 4 heteroatoms. The van der Waals surface area contributed by atoms with Gasteiger partial charge in [-0.2, -0.15) is 0 Å². The third-order valence-electron chi connectivity index (χ3n) is 2.17. The normalized spacial score (nSPS) is 27.9. The molecular formula is C10H18FNO2. The summed E-state index contributed by atoms with van der Waals surface area (Å²) >= 11 is 0. The van der Waals surface area contributed by atoms with Crippen LogP contribution in [0.2, 0.25) is 0 Å². The number of alkyl halides is 1. The molecule has 0 bridgehead atoms. The number of halogens is 1. The van der Waals surface area contributed by atoms with Crippen molar-refractivity contribution in [1.29, 1.82) is 0 Å². The van der Waals surface area contributed by atoms with E-state index in [1.807, 2.05) is 0 Å². The van der Waals surface area contributed by atoms with Crippen molar-refractivity contribution in [3.8, 4) is 0 Å². The van der Waals surface area contributed by atoms with Gasteiger partial charge in [0.1, 0.15) is 11.8 Å². The molecule has 2 atom stereocenters. The highest BCUT2D eigenvalue weighted by Gasteiger charge is 2.34. The third-order valence-corrected chi connectivity index (χ3v) is 2.17. The van der Waals surface area contributed by atoms with Crippen molar-refractivity contribution in [2.24, 2.45) is 5.92 Å². The van der Waals surface area contributed by atoms with Crippen molar-refractivity contribution in [1.82, 2.24) is 4.90 Å². The van der Waals surface area contributed by atoms with Crippen LogP contribution in [0.3, 0.4) is 0 Å². The average Bonchev–Trinajstić information content (AvgIpc) is 2.28. The Balaban J connectivity index is 2.48. The van der Waals surface area contributed by atoms with Gasteiger partial charge in [0.25, 0.3) is 0 Å². The Labute approximate surface area is 84.2 Å². The van der Waals surface area contributed by atoms with Crippen molar-refractivity contribution >= 4 is 6.09 Å². The monoisotopic (exact) mass is 203 g/mol. The topological polar surface area (TPSA) is 29.5 Å². The number of carbonyl (C=O) groups excluding carboxylic acids is 1. The first-order chi connectivity index (χ1) is 6.29. The van der Waals surface area contributed by atoms with E-state index in [4.69, 9.17) is 4.74 Å². The second kappa shape index (κ2) is 3.75. The van der Waals surface area contributed by atoms with Crippen molar-refractivity contribution < 1.29 is 13.9 Å². The van der Waals surface area contributed by atoms with Crippen LogP contribution in [-0.2, 0) is 4.74 Å². The summed E-state index contributed by atoms with van der Waals surface area (Å²) in [5.74, 6) is -0.0810.